The van der Waals surface area contributed by atoms with Crippen LogP contribution in [0.3, 0.4) is 0 Å². The summed E-state index contributed by atoms with van der Waals surface area (Å²) in [6.07, 6.45) is -1.66. The Bertz CT molecular complexity index is 1330. The smallest absolute Gasteiger partial charge is 0.338 e. The highest BCUT2D eigenvalue weighted by Crippen LogP contribution is 2.16. The third kappa shape index (κ3) is 8.62. The summed E-state index contributed by atoms with van der Waals surface area (Å²) in [5, 5.41) is 2.69. The van der Waals surface area contributed by atoms with Crippen LogP contribution in [0.2, 0.25) is 0 Å². The zero-order chi connectivity index (χ0) is 29.1. The molecule has 0 radical (unpaired) electrons. The van der Waals surface area contributed by atoms with Crippen LogP contribution in [0.15, 0.2) is 78.9 Å². The van der Waals surface area contributed by atoms with Crippen LogP contribution < -0.4 is 10.1 Å². The molecule has 0 aliphatic heterocycles. The molecule has 0 aliphatic carbocycles. The Morgan fingerprint density at radius 2 is 1.23 bits per heavy atom. The number of carbonyl (C=O) groups excluding carboxylic acids is 5. The molecule has 0 saturated heterocycles. The van der Waals surface area contributed by atoms with Gasteiger partial charge < -0.3 is 19.5 Å². The lowest BCUT2D eigenvalue weighted by Gasteiger charge is -2.13. The number of hydrogen-bond donors (Lipinski definition) is 1. The number of nitrogens with one attached hydrogen (secondary N) is 1. The predicted molar refractivity (Wildman–Crippen MR) is 147 cm³/mol. The second-order valence-electron chi connectivity index (χ2n) is 8.98. The zero-order valence-corrected chi connectivity index (χ0v) is 22.5. The van der Waals surface area contributed by atoms with Crippen LogP contribution in [0.1, 0.15) is 64.2 Å². The van der Waals surface area contributed by atoms with E-state index < -0.39 is 24.1 Å². The van der Waals surface area contributed by atoms with E-state index in [0.717, 1.165) is 0 Å². The van der Waals surface area contributed by atoms with E-state index in [-0.39, 0.29) is 42.3 Å². The predicted octanol–water partition coefficient (Wildman–Crippen LogP) is 5.05. The van der Waals surface area contributed by atoms with Crippen molar-refractivity contribution in [3.05, 3.63) is 95.6 Å². The summed E-state index contributed by atoms with van der Waals surface area (Å²) in [5.41, 5.74) is 1.53. The van der Waals surface area contributed by atoms with Crippen LogP contribution in [0.5, 0.6) is 5.75 Å². The SMILES string of the molecule is COc1ccc(C(=O)C(C)OC(=O)CCCC(=O)Nc2ccc(C(=O)OC(C)C(=O)c3ccccc3)cc2)cc1. The third-order valence-electron chi connectivity index (χ3n) is 5.95. The molecule has 0 aromatic heterocycles. The fraction of sp³-hybridized carbons (Fsp3) is 0.258. The van der Waals surface area contributed by atoms with Crippen LogP contribution in [0, 0.1) is 0 Å². The number of methoxy groups -OCH3 is 1. The molecule has 3 aromatic rings. The molecular formula is C31H31NO8. The molecule has 3 rings (SSSR count). The Morgan fingerprint density at radius 1 is 0.675 bits per heavy atom. The van der Waals surface area contributed by atoms with Crippen molar-refractivity contribution in [2.45, 2.75) is 45.3 Å². The average Bonchev–Trinajstić information content (AvgIpc) is 2.97. The average molecular weight is 546 g/mol. The monoisotopic (exact) mass is 545 g/mol. The molecule has 0 fully saturated rings. The molecule has 0 aliphatic rings. The topological polar surface area (TPSA) is 125 Å². The highest BCUT2D eigenvalue weighted by atomic mass is 16.5. The van der Waals surface area contributed by atoms with Gasteiger partial charge in [0.1, 0.15) is 5.75 Å². The lowest BCUT2D eigenvalue weighted by atomic mass is 10.1. The third-order valence-corrected chi connectivity index (χ3v) is 5.95. The first-order chi connectivity index (χ1) is 19.2. The summed E-state index contributed by atoms with van der Waals surface area (Å²) in [4.78, 5) is 61.7. The molecule has 0 heterocycles. The Labute approximate surface area is 232 Å². The van der Waals surface area contributed by atoms with E-state index in [1.807, 2.05) is 0 Å². The number of amides is 1. The lowest BCUT2D eigenvalue weighted by Crippen LogP contribution is -2.24. The first kappa shape index (κ1) is 29.8. The van der Waals surface area contributed by atoms with E-state index in [2.05, 4.69) is 5.32 Å². The van der Waals surface area contributed by atoms with E-state index in [1.54, 1.807) is 66.7 Å². The van der Waals surface area contributed by atoms with Crippen molar-refractivity contribution in [3.8, 4) is 5.75 Å². The molecule has 1 amide bonds. The summed E-state index contributed by atoms with van der Waals surface area (Å²) in [6, 6.07) is 21.1. The highest BCUT2D eigenvalue weighted by Gasteiger charge is 2.21. The van der Waals surface area contributed by atoms with Crippen LogP contribution in [0.25, 0.3) is 0 Å². The van der Waals surface area contributed by atoms with Gasteiger partial charge in [-0.25, -0.2) is 4.79 Å². The van der Waals surface area contributed by atoms with Gasteiger partial charge in [0.25, 0.3) is 0 Å². The fourth-order valence-electron chi connectivity index (χ4n) is 3.73. The summed E-state index contributed by atoms with van der Waals surface area (Å²) in [6.45, 7) is 3.01. The molecular weight excluding hydrogens is 514 g/mol. The number of carbonyl (C=O) groups is 5. The Kier molecular flexibility index (Phi) is 10.7. The summed E-state index contributed by atoms with van der Waals surface area (Å²) < 4.78 is 15.6. The zero-order valence-electron chi connectivity index (χ0n) is 22.5. The van der Waals surface area contributed by atoms with E-state index in [9.17, 15) is 24.0 Å². The number of esters is 2. The standard InChI is InChI=1S/C31H31NO8/c1-20(29(35)23-14-18-26(38-3)19-15-23)39-28(34)11-7-10-27(33)32-25-16-12-24(13-17-25)31(37)40-21(2)30(36)22-8-5-4-6-9-22/h4-6,8-9,12-21H,7,10-11H2,1-3H3,(H,32,33). The van der Waals surface area contributed by atoms with Gasteiger partial charge in [0.05, 0.1) is 12.7 Å². The molecule has 0 saturated carbocycles. The summed E-state index contributed by atoms with van der Waals surface area (Å²) >= 11 is 0. The normalized spacial score (nSPS) is 12.0. The molecule has 9 heteroatoms. The number of rotatable bonds is 13. The van der Waals surface area contributed by atoms with Gasteiger partial charge in [-0.2, -0.15) is 0 Å². The minimum atomic E-state index is -0.959. The van der Waals surface area contributed by atoms with E-state index in [1.165, 1.54) is 33.1 Å². The molecule has 2 atom stereocenters. The number of benzene rings is 3. The molecule has 2 unspecified atom stereocenters. The van der Waals surface area contributed by atoms with Crippen LogP contribution >= 0.6 is 0 Å². The van der Waals surface area contributed by atoms with Gasteiger partial charge in [-0.05, 0) is 68.8 Å². The molecule has 3 aromatic carbocycles. The lowest BCUT2D eigenvalue weighted by molar-refractivity contribution is -0.146. The van der Waals surface area contributed by atoms with E-state index in [4.69, 9.17) is 14.2 Å². The molecule has 208 valence electrons. The fourth-order valence-corrected chi connectivity index (χ4v) is 3.73. The number of anilines is 1. The first-order valence-electron chi connectivity index (χ1n) is 12.8. The number of Topliss-reactive ketones (excluding diaryl/α,β-unsaturated/α-hetero) is 2. The highest BCUT2D eigenvalue weighted by molar-refractivity contribution is 6.02. The maximum Gasteiger partial charge on any atom is 0.338 e. The van der Waals surface area contributed by atoms with Gasteiger partial charge in [0.15, 0.2) is 12.2 Å². The van der Waals surface area contributed by atoms with Gasteiger partial charge >= 0.3 is 11.9 Å². The van der Waals surface area contributed by atoms with Gasteiger partial charge in [0, 0.05) is 29.7 Å². The van der Waals surface area contributed by atoms with Crippen molar-refractivity contribution in [2.24, 2.45) is 0 Å². The quantitative estimate of drug-likeness (QED) is 0.234. The summed E-state index contributed by atoms with van der Waals surface area (Å²) in [5.74, 6) is -1.59. The van der Waals surface area contributed by atoms with Gasteiger partial charge in [0.2, 0.25) is 17.5 Å². The maximum absolute atomic E-state index is 12.4. The van der Waals surface area contributed by atoms with Crippen molar-refractivity contribution in [2.75, 3.05) is 12.4 Å². The first-order valence-corrected chi connectivity index (χ1v) is 12.8. The largest absolute Gasteiger partial charge is 0.497 e. The maximum atomic E-state index is 12.4. The second-order valence-corrected chi connectivity index (χ2v) is 8.98. The van der Waals surface area contributed by atoms with Crippen molar-refractivity contribution in [1.29, 1.82) is 0 Å². The Hall–Kier alpha value is -4.79. The number of ketones is 2. The van der Waals surface area contributed by atoms with E-state index in [0.29, 0.717) is 22.6 Å². The van der Waals surface area contributed by atoms with Gasteiger partial charge in [-0.3, -0.25) is 19.2 Å². The molecule has 0 bridgehead atoms. The van der Waals surface area contributed by atoms with Crippen molar-refractivity contribution >= 4 is 35.1 Å². The molecule has 40 heavy (non-hydrogen) atoms. The van der Waals surface area contributed by atoms with Gasteiger partial charge in [-0.1, -0.05) is 30.3 Å². The summed E-state index contributed by atoms with van der Waals surface area (Å²) in [7, 11) is 1.52. The van der Waals surface area contributed by atoms with Crippen molar-refractivity contribution in [3.63, 3.8) is 0 Å². The van der Waals surface area contributed by atoms with Gasteiger partial charge in [-0.15, -0.1) is 0 Å². The minimum absolute atomic E-state index is 0.0294. The molecule has 9 nitrogen and oxygen atoms in total. The van der Waals surface area contributed by atoms with Crippen molar-refractivity contribution < 1.29 is 38.2 Å². The number of ether oxygens (including phenoxy) is 3. The second kappa shape index (κ2) is 14.4. The molecule has 1 N–H and O–H groups in total. The minimum Gasteiger partial charge on any atom is -0.497 e. The van der Waals surface area contributed by atoms with Crippen LogP contribution in [-0.4, -0.2) is 48.7 Å². The van der Waals surface area contributed by atoms with E-state index >= 15 is 0 Å². The van der Waals surface area contributed by atoms with Crippen molar-refractivity contribution in [1.82, 2.24) is 0 Å². The van der Waals surface area contributed by atoms with Crippen LogP contribution in [0.4, 0.5) is 5.69 Å². The van der Waals surface area contributed by atoms with Crippen LogP contribution in [-0.2, 0) is 19.1 Å². The number of hydrogen-bond acceptors (Lipinski definition) is 8. The Morgan fingerprint density at radius 3 is 1.82 bits per heavy atom. The Balaban J connectivity index is 1.39. The molecule has 0 spiro atoms.